The number of benzene rings is 3. The minimum atomic E-state index is -0.0258. The van der Waals surface area contributed by atoms with Crippen molar-refractivity contribution in [3.8, 4) is 0 Å². The van der Waals surface area contributed by atoms with Crippen LogP contribution in [0.1, 0.15) is 10.4 Å². The van der Waals surface area contributed by atoms with Gasteiger partial charge in [0.1, 0.15) is 5.48 Å². The summed E-state index contributed by atoms with van der Waals surface area (Å²) in [6.07, 6.45) is 1.60. The number of rotatable bonds is 2. The summed E-state index contributed by atoms with van der Waals surface area (Å²) in [5, 5.41) is 2.32. The van der Waals surface area contributed by atoms with Gasteiger partial charge in [0.2, 0.25) is 0 Å². The molecule has 3 aromatic carbocycles. The highest BCUT2D eigenvalue weighted by molar-refractivity contribution is 6.17. The lowest BCUT2D eigenvalue weighted by molar-refractivity contribution is 0.106. The van der Waals surface area contributed by atoms with E-state index in [1.165, 1.54) is 5.39 Å². The summed E-state index contributed by atoms with van der Waals surface area (Å²) in [5.41, 5.74) is 3.40. The van der Waals surface area contributed by atoms with Gasteiger partial charge in [-0.2, -0.15) is 0 Å². The highest BCUT2D eigenvalue weighted by Crippen LogP contribution is 2.21. The van der Waals surface area contributed by atoms with Crippen LogP contribution in [0.15, 0.2) is 66.7 Å². The molecule has 0 spiro atoms. The molecule has 0 saturated carbocycles. The van der Waals surface area contributed by atoms with Crippen LogP contribution in [-0.4, -0.2) is 15.8 Å². The van der Waals surface area contributed by atoms with Gasteiger partial charge in [0.05, 0.1) is 0 Å². The van der Waals surface area contributed by atoms with E-state index in [9.17, 15) is 4.79 Å². The third-order valence-corrected chi connectivity index (χ3v) is 3.78. The van der Waals surface area contributed by atoms with Gasteiger partial charge < -0.3 is 9.97 Å². The van der Waals surface area contributed by atoms with Crippen LogP contribution in [0.3, 0.4) is 0 Å². The van der Waals surface area contributed by atoms with E-state index in [0.717, 1.165) is 16.4 Å². The first-order chi connectivity index (χ1) is 10.8. The predicted molar refractivity (Wildman–Crippen MR) is 89.4 cm³/mol. The topological polar surface area (TPSA) is 48.6 Å². The molecule has 4 rings (SSSR count). The largest absolute Gasteiger partial charge is 0.341 e. The number of hydrogen-bond donors (Lipinski definition) is 2. The Bertz CT molecular complexity index is 987. The van der Waals surface area contributed by atoms with Gasteiger partial charge in [-0.3, -0.25) is 4.79 Å². The Morgan fingerprint density at radius 1 is 0.773 bits per heavy atom. The summed E-state index contributed by atoms with van der Waals surface area (Å²) < 4.78 is 0. The van der Waals surface area contributed by atoms with Crippen LogP contribution in [0.25, 0.3) is 27.9 Å². The zero-order chi connectivity index (χ0) is 14.9. The second-order valence-electron chi connectivity index (χ2n) is 5.25. The molecule has 22 heavy (non-hydrogen) atoms. The Morgan fingerprint density at radius 3 is 2.05 bits per heavy atom. The SMILES string of the molecule is O=C(C=c1[nH]c2cccc3cccc([nH]1)c32)c1ccccc1. The van der Waals surface area contributed by atoms with Gasteiger partial charge in [-0.15, -0.1) is 0 Å². The maximum absolute atomic E-state index is 12.3. The molecule has 0 radical (unpaired) electrons. The average molecular weight is 286 g/mol. The lowest BCUT2D eigenvalue weighted by Crippen LogP contribution is -2.15. The first-order valence-electron chi connectivity index (χ1n) is 7.18. The minimum Gasteiger partial charge on any atom is -0.341 e. The van der Waals surface area contributed by atoms with Crippen molar-refractivity contribution in [1.29, 1.82) is 0 Å². The van der Waals surface area contributed by atoms with Crippen molar-refractivity contribution in [3.05, 3.63) is 77.8 Å². The molecule has 2 N–H and O–H groups in total. The van der Waals surface area contributed by atoms with Crippen LogP contribution in [0.5, 0.6) is 0 Å². The zero-order valence-corrected chi connectivity index (χ0v) is 11.8. The normalized spacial score (nSPS) is 10.9. The number of aromatic nitrogens is 2. The van der Waals surface area contributed by atoms with E-state index in [4.69, 9.17) is 0 Å². The Labute approximate surface area is 126 Å². The molecule has 0 aliphatic heterocycles. The van der Waals surface area contributed by atoms with Crippen LogP contribution in [0.4, 0.5) is 0 Å². The van der Waals surface area contributed by atoms with E-state index in [-0.39, 0.29) is 5.78 Å². The molecule has 0 atom stereocenters. The van der Waals surface area contributed by atoms with Crippen LogP contribution in [-0.2, 0) is 0 Å². The molecule has 1 aromatic heterocycles. The lowest BCUT2D eigenvalue weighted by Gasteiger charge is -2.06. The van der Waals surface area contributed by atoms with Crippen molar-refractivity contribution in [2.75, 3.05) is 0 Å². The molecule has 0 aliphatic carbocycles. The number of nitrogens with one attached hydrogen (secondary N) is 2. The van der Waals surface area contributed by atoms with E-state index >= 15 is 0 Å². The second-order valence-corrected chi connectivity index (χ2v) is 5.25. The molecule has 3 heteroatoms. The molecule has 0 fully saturated rings. The van der Waals surface area contributed by atoms with E-state index in [0.29, 0.717) is 11.0 Å². The lowest BCUT2D eigenvalue weighted by atomic mass is 10.1. The third kappa shape index (κ3) is 2.13. The molecule has 106 valence electrons. The smallest absolute Gasteiger partial charge is 0.189 e. The number of ketones is 1. The number of hydrogen-bond acceptors (Lipinski definition) is 1. The summed E-state index contributed by atoms with van der Waals surface area (Å²) in [6.45, 7) is 0. The van der Waals surface area contributed by atoms with Crippen molar-refractivity contribution in [2.24, 2.45) is 0 Å². The summed E-state index contributed by atoms with van der Waals surface area (Å²) in [7, 11) is 0. The van der Waals surface area contributed by atoms with Crippen molar-refractivity contribution in [1.82, 2.24) is 9.97 Å². The highest BCUT2D eigenvalue weighted by Gasteiger charge is 2.04. The molecule has 4 aromatic rings. The van der Waals surface area contributed by atoms with Crippen molar-refractivity contribution < 1.29 is 4.79 Å². The van der Waals surface area contributed by atoms with Gasteiger partial charge in [-0.25, -0.2) is 0 Å². The highest BCUT2D eigenvalue weighted by atomic mass is 16.1. The van der Waals surface area contributed by atoms with Crippen LogP contribution in [0, 0.1) is 0 Å². The summed E-state index contributed by atoms with van der Waals surface area (Å²) >= 11 is 0. The van der Waals surface area contributed by atoms with Crippen LogP contribution >= 0.6 is 0 Å². The molecular weight excluding hydrogens is 272 g/mol. The van der Waals surface area contributed by atoms with Gasteiger partial charge in [0.15, 0.2) is 5.78 Å². The fraction of sp³-hybridized carbons (Fsp3) is 0. The quantitative estimate of drug-likeness (QED) is 0.543. The van der Waals surface area contributed by atoms with Gasteiger partial charge in [0, 0.05) is 28.1 Å². The van der Waals surface area contributed by atoms with Crippen molar-refractivity contribution in [2.45, 2.75) is 0 Å². The average Bonchev–Trinajstić information content (AvgIpc) is 2.56. The van der Waals surface area contributed by atoms with Crippen LogP contribution in [0.2, 0.25) is 0 Å². The first-order valence-corrected chi connectivity index (χ1v) is 7.18. The molecule has 0 bridgehead atoms. The van der Waals surface area contributed by atoms with Gasteiger partial charge >= 0.3 is 0 Å². The number of carbonyl (C=O) groups is 1. The number of H-pyrrole nitrogens is 2. The van der Waals surface area contributed by atoms with E-state index in [1.807, 2.05) is 54.6 Å². The Morgan fingerprint density at radius 2 is 1.41 bits per heavy atom. The van der Waals surface area contributed by atoms with E-state index in [2.05, 4.69) is 22.1 Å². The van der Waals surface area contributed by atoms with E-state index in [1.54, 1.807) is 6.08 Å². The number of Topliss-reactive ketones (excluding diaryl/α,β-unsaturated/α-hetero) is 1. The molecular formula is C19H14N2O. The van der Waals surface area contributed by atoms with Gasteiger partial charge in [-0.05, 0) is 17.5 Å². The molecule has 1 heterocycles. The molecule has 0 unspecified atom stereocenters. The van der Waals surface area contributed by atoms with E-state index < -0.39 is 0 Å². The van der Waals surface area contributed by atoms with Crippen molar-refractivity contribution >= 4 is 33.7 Å². The third-order valence-electron chi connectivity index (χ3n) is 3.78. The number of carbonyl (C=O) groups excluding carboxylic acids is 1. The number of aromatic amines is 2. The fourth-order valence-electron chi connectivity index (χ4n) is 2.76. The summed E-state index contributed by atoms with van der Waals surface area (Å²) in [4.78, 5) is 18.9. The Hall–Kier alpha value is -3.07. The molecule has 0 amide bonds. The maximum Gasteiger partial charge on any atom is 0.189 e. The Balaban J connectivity index is 1.93. The monoisotopic (exact) mass is 286 g/mol. The summed E-state index contributed by atoms with van der Waals surface area (Å²) in [5.74, 6) is -0.0258. The fourth-order valence-corrected chi connectivity index (χ4v) is 2.76. The minimum absolute atomic E-state index is 0.0258. The predicted octanol–water partition coefficient (Wildman–Crippen LogP) is 3.59. The van der Waals surface area contributed by atoms with Crippen LogP contribution < -0.4 is 5.48 Å². The molecule has 0 aliphatic rings. The first kappa shape index (κ1) is 12.7. The van der Waals surface area contributed by atoms with Gasteiger partial charge in [-0.1, -0.05) is 54.6 Å². The maximum atomic E-state index is 12.3. The summed E-state index contributed by atoms with van der Waals surface area (Å²) in [6, 6.07) is 21.5. The Kier molecular flexibility index (Phi) is 2.90. The van der Waals surface area contributed by atoms with Gasteiger partial charge in [0.25, 0.3) is 0 Å². The standard InChI is InChI=1S/C19H14N2O/c22-17(13-6-2-1-3-7-13)12-18-20-15-10-4-8-14-9-5-11-16(21-18)19(14)15/h1-12,20-21H. The molecule has 3 nitrogen and oxygen atoms in total. The van der Waals surface area contributed by atoms with Crippen molar-refractivity contribution in [3.63, 3.8) is 0 Å². The molecule has 0 saturated heterocycles. The zero-order valence-electron chi connectivity index (χ0n) is 11.8. The second kappa shape index (κ2) is 5.04.